The molecule has 0 radical (unpaired) electrons. The van der Waals surface area contributed by atoms with Gasteiger partial charge in [-0.25, -0.2) is 0 Å². The Bertz CT molecular complexity index is 280. The van der Waals surface area contributed by atoms with E-state index in [1.54, 1.807) is 0 Å². The molecule has 0 bridgehead atoms. The molecular formula is C15H30N2O2. The van der Waals surface area contributed by atoms with E-state index < -0.39 is 5.41 Å². The maximum absolute atomic E-state index is 12.7. The highest BCUT2D eigenvalue weighted by Gasteiger charge is 2.39. The lowest BCUT2D eigenvalue weighted by Crippen LogP contribution is -2.57. The maximum Gasteiger partial charge on any atom is 0.227 e. The summed E-state index contributed by atoms with van der Waals surface area (Å²) < 4.78 is 5.51. The van der Waals surface area contributed by atoms with Crippen LogP contribution in [0, 0.1) is 5.41 Å². The number of carbonyl (C=O) groups is 1. The van der Waals surface area contributed by atoms with Crippen LogP contribution in [0.25, 0.3) is 0 Å². The average Bonchev–Trinajstić information content (AvgIpc) is 2.38. The molecule has 1 aliphatic heterocycles. The fraction of sp³-hybridized carbons (Fsp3) is 0.933. The first-order chi connectivity index (χ1) is 9.02. The fourth-order valence-corrected chi connectivity index (χ4v) is 3.05. The molecule has 3 N–H and O–H groups in total. The molecule has 112 valence electrons. The lowest BCUT2D eigenvalue weighted by molar-refractivity contribution is -0.135. The highest BCUT2D eigenvalue weighted by Crippen LogP contribution is 2.31. The lowest BCUT2D eigenvalue weighted by atomic mass is 9.77. The number of ether oxygens (including phenoxy) is 1. The van der Waals surface area contributed by atoms with Gasteiger partial charge in [-0.1, -0.05) is 26.7 Å². The van der Waals surface area contributed by atoms with Crippen molar-refractivity contribution in [1.29, 1.82) is 0 Å². The SMILES string of the molecule is CCCC(CN)(CCC)C(=O)NC1(C)CCCOC1. The molecule has 1 atom stereocenters. The first-order valence-corrected chi connectivity index (χ1v) is 7.62. The quantitative estimate of drug-likeness (QED) is 0.745. The molecule has 0 aromatic rings. The molecule has 19 heavy (non-hydrogen) atoms. The van der Waals surface area contributed by atoms with Crippen LogP contribution in [0.2, 0.25) is 0 Å². The van der Waals surface area contributed by atoms with Gasteiger partial charge >= 0.3 is 0 Å². The van der Waals surface area contributed by atoms with Gasteiger partial charge in [0.15, 0.2) is 0 Å². The van der Waals surface area contributed by atoms with Crippen molar-refractivity contribution in [2.45, 2.75) is 64.8 Å². The summed E-state index contributed by atoms with van der Waals surface area (Å²) in [5.41, 5.74) is 5.31. The summed E-state index contributed by atoms with van der Waals surface area (Å²) in [7, 11) is 0. The van der Waals surface area contributed by atoms with E-state index in [-0.39, 0.29) is 11.4 Å². The van der Waals surface area contributed by atoms with Crippen LogP contribution in [0.5, 0.6) is 0 Å². The van der Waals surface area contributed by atoms with Gasteiger partial charge in [-0.2, -0.15) is 0 Å². The van der Waals surface area contributed by atoms with Gasteiger partial charge in [-0.3, -0.25) is 4.79 Å². The third-order valence-corrected chi connectivity index (χ3v) is 4.18. The van der Waals surface area contributed by atoms with Crippen LogP contribution in [0.15, 0.2) is 0 Å². The zero-order valence-electron chi connectivity index (χ0n) is 12.8. The number of carbonyl (C=O) groups excluding carboxylic acids is 1. The number of amides is 1. The van der Waals surface area contributed by atoms with Gasteiger partial charge in [0.2, 0.25) is 5.91 Å². The number of nitrogens with one attached hydrogen (secondary N) is 1. The molecule has 0 aromatic carbocycles. The molecule has 0 saturated carbocycles. The summed E-state index contributed by atoms with van der Waals surface area (Å²) in [5.74, 6) is 0.117. The minimum atomic E-state index is -0.399. The van der Waals surface area contributed by atoms with Crippen molar-refractivity contribution in [3.8, 4) is 0 Å². The Labute approximate surface area is 117 Å². The summed E-state index contributed by atoms with van der Waals surface area (Å²) in [6, 6.07) is 0. The zero-order valence-corrected chi connectivity index (χ0v) is 12.8. The van der Waals surface area contributed by atoms with Gasteiger partial charge in [0.25, 0.3) is 0 Å². The Balaban J connectivity index is 2.75. The van der Waals surface area contributed by atoms with Crippen LogP contribution in [-0.4, -0.2) is 31.2 Å². The predicted molar refractivity (Wildman–Crippen MR) is 77.9 cm³/mol. The van der Waals surface area contributed by atoms with Crippen molar-refractivity contribution in [3.05, 3.63) is 0 Å². The molecule has 1 saturated heterocycles. The molecule has 1 amide bonds. The smallest absolute Gasteiger partial charge is 0.227 e. The Morgan fingerprint density at radius 3 is 2.42 bits per heavy atom. The van der Waals surface area contributed by atoms with Gasteiger partial charge in [0.1, 0.15) is 0 Å². The molecule has 0 aromatic heterocycles. The van der Waals surface area contributed by atoms with Crippen molar-refractivity contribution in [1.82, 2.24) is 5.32 Å². The van der Waals surface area contributed by atoms with E-state index in [0.29, 0.717) is 13.2 Å². The van der Waals surface area contributed by atoms with Gasteiger partial charge in [-0.05, 0) is 32.6 Å². The van der Waals surface area contributed by atoms with Crippen LogP contribution in [0.1, 0.15) is 59.3 Å². The van der Waals surface area contributed by atoms with E-state index >= 15 is 0 Å². The van der Waals surface area contributed by atoms with Crippen molar-refractivity contribution >= 4 is 5.91 Å². The van der Waals surface area contributed by atoms with Crippen LogP contribution in [-0.2, 0) is 9.53 Å². The summed E-state index contributed by atoms with van der Waals surface area (Å²) in [5, 5.41) is 3.21. The second-order valence-corrected chi connectivity index (χ2v) is 6.16. The van der Waals surface area contributed by atoms with Crippen LogP contribution in [0.4, 0.5) is 0 Å². The van der Waals surface area contributed by atoms with E-state index in [1.165, 1.54) is 0 Å². The zero-order chi connectivity index (χ0) is 14.4. The monoisotopic (exact) mass is 270 g/mol. The Morgan fingerprint density at radius 1 is 1.37 bits per heavy atom. The molecule has 1 aliphatic rings. The summed E-state index contributed by atoms with van der Waals surface area (Å²) in [4.78, 5) is 12.7. The molecule has 1 fully saturated rings. The Morgan fingerprint density at radius 2 is 2.00 bits per heavy atom. The normalized spacial score (nSPS) is 24.2. The Kier molecular flexibility index (Phi) is 6.27. The molecule has 1 rings (SSSR count). The lowest BCUT2D eigenvalue weighted by Gasteiger charge is -2.39. The summed E-state index contributed by atoms with van der Waals surface area (Å²) >= 11 is 0. The largest absolute Gasteiger partial charge is 0.379 e. The number of rotatable bonds is 7. The van der Waals surface area contributed by atoms with Crippen molar-refractivity contribution in [2.75, 3.05) is 19.8 Å². The highest BCUT2D eigenvalue weighted by atomic mass is 16.5. The molecule has 0 spiro atoms. The predicted octanol–water partition coefficient (Wildman–Crippen LogP) is 2.22. The fourth-order valence-electron chi connectivity index (χ4n) is 3.05. The van der Waals surface area contributed by atoms with Gasteiger partial charge in [-0.15, -0.1) is 0 Å². The topological polar surface area (TPSA) is 64.4 Å². The second kappa shape index (κ2) is 7.25. The molecule has 1 unspecified atom stereocenters. The molecule has 4 heteroatoms. The van der Waals surface area contributed by atoms with Crippen molar-refractivity contribution < 1.29 is 9.53 Å². The second-order valence-electron chi connectivity index (χ2n) is 6.16. The van der Waals surface area contributed by atoms with Gasteiger partial charge in [0, 0.05) is 13.2 Å². The van der Waals surface area contributed by atoms with E-state index in [9.17, 15) is 4.79 Å². The van der Waals surface area contributed by atoms with Gasteiger partial charge in [0.05, 0.1) is 17.6 Å². The van der Waals surface area contributed by atoms with E-state index in [1.807, 2.05) is 0 Å². The van der Waals surface area contributed by atoms with Crippen molar-refractivity contribution in [3.63, 3.8) is 0 Å². The number of hydrogen-bond donors (Lipinski definition) is 2. The minimum absolute atomic E-state index is 0.117. The van der Waals surface area contributed by atoms with Crippen LogP contribution >= 0.6 is 0 Å². The standard InChI is InChI=1S/C15H30N2O2/c1-4-7-15(11-16,8-5-2)13(18)17-14(3)9-6-10-19-12-14/h4-12,16H2,1-3H3,(H,17,18). The molecule has 4 nitrogen and oxygen atoms in total. The van der Waals surface area contributed by atoms with Crippen molar-refractivity contribution in [2.24, 2.45) is 11.1 Å². The molecule has 0 aliphatic carbocycles. The molecular weight excluding hydrogens is 240 g/mol. The van der Waals surface area contributed by atoms with E-state index in [0.717, 1.165) is 45.1 Å². The maximum atomic E-state index is 12.7. The van der Waals surface area contributed by atoms with Crippen LogP contribution < -0.4 is 11.1 Å². The third kappa shape index (κ3) is 4.18. The minimum Gasteiger partial charge on any atom is -0.379 e. The van der Waals surface area contributed by atoms with E-state index in [4.69, 9.17) is 10.5 Å². The first-order valence-electron chi connectivity index (χ1n) is 7.62. The summed E-state index contributed by atoms with van der Waals surface area (Å²) in [6.07, 6.45) is 5.68. The Hall–Kier alpha value is -0.610. The first kappa shape index (κ1) is 16.4. The number of nitrogens with two attached hydrogens (primary N) is 1. The van der Waals surface area contributed by atoms with Gasteiger partial charge < -0.3 is 15.8 Å². The third-order valence-electron chi connectivity index (χ3n) is 4.18. The number of hydrogen-bond acceptors (Lipinski definition) is 3. The van der Waals surface area contributed by atoms with E-state index in [2.05, 4.69) is 26.1 Å². The average molecular weight is 270 g/mol. The summed E-state index contributed by atoms with van der Waals surface area (Å²) in [6.45, 7) is 8.13. The molecule has 1 heterocycles. The highest BCUT2D eigenvalue weighted by molar-refractivity contribution is 5.83. The van der Waals surface area contributed by atoms with Crippen LogP contribution in [0.3, 0.4) is 0 Å².